The van der Waals surface area contributed by atoms with Crippen molar-refractivity contribution in [3.63, 3.8) is 0 Å². The van der Waals surface area contributed by atoms with Gasteiger partial charge in [-0.05, 0) is 45.1 Å². The average Bonchev–Trinajstić information content (AvgIpc) is 2.54. The first-order chi connectivity index (χ1) is 11.0. The van der Waals surface area contributed by atoms with Crippen LogP contribution in [0, 0.1) is 11.8 Å². The van der Waals surface area contributed by atoms with Crippen LogP contribution in [0.4, 0.5) is 0 Å². The summed E-state index contributed by atoms with van der Waals surface area (Å²) in [5.74, 6) is -2.06. The van der Waals surface area contributed by atoms with Crippen molar-refractivity contribution in [2.24, 2.45) is 11.8 Å². The minimum absolute atomic E-state index is 0.127. The Labute approximate surface area is 137 Å². The molecule has 23 heavy (non-hydrogen) atoms. The molecule has 124 valence electrons. The number of benzene rings is 1. The first-order valence-corrected chi connectivity index (χ1v) is 8.18. The minimum Gasteiger partial charge on any atom is -0.481 e. The van der Waals surface area contributed by atoms with Crippen LogP contribution in [-0.4, -0.2) is 23.5 Å². The van der Waals surface area contributed by atoms with Gasteiger partial charge in [-0.2, -0.15) is 0 Å². The Hall–Kier alpha value is -2.10. The zero-order valence-corrected chi connectivity index (χ0v) is 13.8. The van der Waals surface area contributed by atoms with Gasteiger partial charge in [0.05, 0.1) is 11.8 Å². The molecule has 4 nitrogen and oxygen atoms in total. The molecule has 1 aliphatic rings. The molecular weight excluding hydrogens is 290 g/mol. The van der Waals surface area contributed by atoms with Crippen molar-refractivity contribution < 1.29 is 14.7 Å². The van der Waals surface area contributed by atoms with E-state index < -0.39 is 17.8 Å². The van der Waals surface area contributed by atoms with Crippen LogP contribution in [0.2, 0.25) is 0 Å². The van der Waals surface area contributed by atoms with Crippen LogP contribution in [-0.2, 0) is 16.0 Å². The second-order valence-electron chi connectivity index (χ2n) is 6.40. The van der Waals surface area contributed by atoms with E-state index in [1.54, 1.807) is 0 Å². The van der Waals surface area contributed by atoms with Crippen molar-refractivity contribution in [1.82, 2.24) is 5.32 Å². The fraction of sp³-hybridized carbons (Fsp3) is 0.474. The van der Waals surface area contributed by atoms with E-state index >= 15 is 0 Å². The monoisotopic (exact) mass is 315 g/mol. The second kappa shape index (κ2) is 7.95. The van der Waals surface area contributed by atoms with E-state index in [9.17, 15) is 14.7 Å². The van der Waals surface area contributed by atoms with Gasteiger partial charge in [0, 0.05) is 6.54 Å². The molecule has 0 aliphatic heterocycles. The molecule has 2 rings (SSSR count). The smallest absolute Gasteiger partial charge is 0.307 e. The van der Waals surface area contributed by atoms with Crippen molar-refractivity contribution in [1.29, 1.82) is 0 Å². The zero-order chi connectivity index (χ0) is 16.8. The van der Waals surface area contributed by atoms with E-state index in [0.717, 1.165) is 24.0 Å². The molecule has 2 atom stereocenters. The Morgan fingerprint density at radius 2 is 1.70 bits per heavy atom. The number of nitrogens with one attached hydrogen (secondary N) is 1. The standard InChI is InChI=1S/C19H25NO3/c1-13-11-16(17(19(22)23)12-14(13)2)18(21)20-10-6-9-15-7-4-3-5-8-15/h3-5,7-8,16-17H,6,9-12H2,1-2H3,(H,20,21)(H,22,23)/t16-,17+/m1/s1. The van der Waals surface area contributed by atoms with Crippen LogP contribution in [0.5, 0.6) is 0 Å². The summed E-state index contributed by atoms with van der Waals surface area (Å²) in [6, 6.07) is 10.1. The molecule has 1 aliphatic carbocycles. The number of aryl methyl sites for hydroxylation is 1. The molecule has 0 bridgehead atoms. The van der Waals surface area contributed by atoms with Gasteiger partial charge < -0.3 is 10.4 Å². The number of carbonyl (C=O) groups excluding carboxylic acids is 1. The molecule has 1 aromatic rings. The van der Waals surface area contributed by atoms with Gasteiger partial charge in [-0.25, -0.2) is 0 Å². The van der Waals surface area contributed by atoms with Gasteiger partial charge in [-0.15, -0.1) is 0 Å². The Kier molecular flexibility index (Phi) is 5.97. The van der Waals surface area contributed by atoms with Gasteiger partial charge in [0.2, 0.25) is 5.91 Å². The fourth-order valence-electron chi connectivity index (χ4n) is 3.11. The lowest BCUT2D eigenvalue weighted by atomic mass is 9.76. The van der Waals surface area contributed by atoms with Crippen LogP contribution < -0.4 is 5.32 Å². The lowest BCUT2D eigenvalue weighted by Gasteiger charge is -2.29. The maximum atomic E-state index is 12.4. The quantitative estimate of drug-likeness (QED) is 0.626. The normalized spacial score (nSPS) is 21.1. The van der Waals surface area contributed by atoms with Crippen molar-refractivity contribution >= 4 is 11.9 Å². The van der Waals surface area contributed by atoms with E-state index in [1.165, 1.54) is 5.56 Å². The molecule has 0 spiro atoms. The summed E-state index contributed by atoms with van der Waals surface area (Å²) in [6.07, 6.45) is 2.79. The van der Waals surface area contributed by atoms with E-state index in [4.69, 9.17) is 0 Å². The lowest BCUT2D eigenvalue weighted by Crippen LogP contribution is -2.40. The number of allylic oxidation sites excluding steroid dienone is 2. The largest absolute Gasteiger partial charge is 0.481 e. The Morgan fingerprint density at radius 3 is 2.30 bits per heavy atom. The number of amides is 1. The van der Waals surface area contributed by atoms with Gasteiger partial charge in [0.1, 0.15) is 0 Å². The summed E-state index contributed by atoms with van der Waals surface area (Å²) in [6.45, 7) is 4.53. The molecule has 0 unspecified atom stereocenters. The Bertz CT molecular complexity index is 592. The summed E-state index contributed by atoms with van der Waals surface area (Å²) in [5, 5.41) is 12.3. The van der Waals surface area contributed by atoms with Crippen molar-refractivity contribution in [2.75, 3.05) is 6.54 Å². The molecule has 0 aromatic heterocycles. The summed E-state index contributed by atoms with van der Waals surface area (Å²) in [5.41, 5.74) is 3.50. The zero-order valence-electron chi connectivity index (χ0n) is 13.8. The lowest BCUT2D eigenvalue weighted by molar-refractivity contribution is -0.147. The number of hydrogen-bond donors (Lipinski definition) is 2. The highest BCUT2D eigenvalue weighted by atomic mass is 16.4. The number of carboxylic acid groups (broad SMARTS) is 1. The van der Waals surface area contributed by atoms with Crippen LogP contribution in [0.1, 0.15) is 38.7 Å². The SMILES string of the molecule is CC1=C(C)C[C@@H](C(=O)NCCCc2ccccc2)[C@@H](C(=O)O)C1. The molecule has 0 radical (unpaired) electrons. The topological polar surface area (TPSA) is 66.4 Å². The number of hydrogen-bond acceptors (Lipinski definition) is 2. The number of carbonyl (C=O) groups is 2. The van der Waals surface area contributed by atoms with Gasteiger partial charge in [0.15, 0.2) is 0 Å². The van der Waals surface area contributed by atoms with E-state index in [1.807, 2.05) is 32.0 Å². The van der Waals surface area contributed by atoms with Crippen LogP contribution >= 0.6 is 0 Å². The Morgan fingerprint density at radius 1 is 1.09 bits per heavy atom. The molecule has 0 saturated carbocycles. The summed E-state index contributed by atoms with van der Waals surface area (Å²) >= 11 is 0. The van der Waals surface area contributed by atoms with Crippen molar-refractivity contribution in [2.45, 2.75) is 39.5 Å². The average molecular weight is 315 g/mol. The number of aliphatic carboxylic acids is 1. The van der Waals surface area contributed by atoms with Crippen LogP contribution in [0.15, 0.2) is 41.5 Å². The van der Waals surface area contributed by atoms with Gasteiger partial charge >= 0.3 is 5.97 Å². The van der Waals surface area contributed by atoms with Crippen molar-refractivity contribution in [3.05, 3.63) is 47.0 Å². The molecule has 4 heteroatoms. The number of carboxylic acids is 1. The predicted molar refractivity (Wildman–Crippen MR) is 90.0 cm³/mol. The molecule has 1 amide bonds. The van der Waals surface area contributed by atoms with E-state index in [-0.39, 0.29) is 5.91 Å². The number of rotatable bonds is 6. The van der Waals surface area contributed by atoms with E-state index in [0.29, 0.717) is 19.4 Å². The maximum Gasteiger partial charge on any atom is 0.307 e. The van der Waals surface area contributed by atoms with Crippen LogP contribution in [0.3, 0.4) is 0 Å². The molecule has 2 N–H and O–H groups in total. The van der Waals surface area contributed by atoms with E-state index in [2.05, 4.69) is 17.4 Å². The third-order valence-electron chi connectivity index (χ3n) is 4.70. The molecule has 0 heterocycles. The predicted octanol–water partition coefficient (Wildman–Crippen LogP) is 3.18. The van der Waals surface area contributed by atoms with Gasteiger partial charge in [0.25, 0.3) is 0 Å². The summed E-state index contributed by atoms with van der Waals surface area (Å²) in [4.78, 5) is 23.8. The van der Waals surface area contributed by atoms with Gasteiger partial charge in [-0.3, -0.25) is 9.59 Å². The highest BCUT2D eigenvalue weighted by Crippen LogP contribution is 2.34. The third kappa shape index (κ3) is 4.68. The molecular formula is C19H25NO3. The van der Waals surface area contributed by atoms with Crippen molar-refractivity contribution in [3.8, 4) is 0 Å². The summed E-state index contributed by atoms with van der Waals surface area (Å²) < 4.78 is 0. The Balaban J connectivity index is 1.85. The highest BCUT2D eigenvalue weighted by Gasteiger charge is 2.36. The third-order valence-corrected chi connectivity index (χ3v) is 4.70. The van der Waals surface area contributed by atoms with Gasteiger partial charge in [-0.1, -0.05) is 41.5 Å². The first-order valence-electron chi connectivity index (χ1n) is 8.18. The fourth-order valence-corrected chi connectivity index (χ4v) is 3.11. The molecule has 0 fully saturated rings. The van der Waals surface area contributed by atoms with Crippen LogP contribution in [0.25, 0.3) is 0 Å². The second-order valence-corrected chi connectivity index (χ2v) is 6.40. The minimum atomic E-state index is -0.874. The summed E-state index contributed by atoms with van der Waals surface area (Å²) in [7, 11) is 0. The first kappa shape index (κ1) is 17.3. The maximum absolute atomic E-state index is 12.4. The molecule has 0 saturated heterocycles. The molecule has 1 aromatic carbocycles. The highest BCUT2D eigenvalue weighted by molar-refractivity contribution is 5.85.